The summed E-state index contributed by atoms with van der Waals surface area (Å²) in [6, 6.07) is 21.7. The first-order valence-electron chi connectivity index (χ1n) is 9.38. The van der Waals surface area contributed by atoms with Gasteiger partial charge in [-0.25, -0.2) is 9.97 Å². The van der Waals surface area contributed by atoms with Gasteiger partial charge >= 0.3 is 0 Å². The van der Waals surface area contributed by atoms with Gasteiger partial charge < -0.3 is 0 Å². The Morgan fingerprint density at radius 1 is 0.704 bits per heavy atom. The molecule has 4 nitrogen and oxygen atoms in total. The van der Waals surface area contributed by atoms with Crippen molar-refractivity contribution in [1.82, 2.24) is 19.7 Å². The molecular formula is C23H20N4. The molecule has 0 atom stereocenters. The lowest BCUT2D eigenvalue weighted by atomic mass is 9.93. The van der Waals surface area contributed by atoms with Crippen molar-refractivity contribution >= 4 is 0 Å². The Kier molecular flexibility index (Phi) is 4.02. The summed E-state index contributed by atoms with van der Waals surface area (Å²) in [5.74, 6) is 1.65. The lowest BCUT2D eigenvalue weighted by Gasteiger charge is -2.14. The number of aryl methyl sites for hydroxylation is 4. The minimum Gasteiger partial charge on any atom is -0.237 e. The predicted molar refractivity (Wildman–Crippen MR) is 106 cm³/mol. The molecule has 4 heteroatoms. The van der Waals surface area contributed by atoms with Crippen molar-refractivity contribution in [2.75, 3.05) is 0 Å². The Morgan fingerprint density at radius 2 is 1.44 bits per heavy atom. The Bertz CT molecular complexity index is 1070. The average Bonchev–Trinajstić information content (AvgIpc) is 3.20. The highest BCUT2D eigenvalue weighted by Gasteiger charge is 2.15. The van der Waals surface area contributed by atoms with Crippen LogP contribution < -0.4 is 0 Å². The third kappa shape index (κ3) is 3.14. The van der Waals surface area contributed by atoms with E-state index in [9.17, 15) is 0 Å². The van der Waals surface area contributed by atoms with Gasteiger partial charge in [0.2, 0.25) is 0 Å². The molecule has 0 N–H and O–H groups in total. The summed E-state index contributed by atoms with van der Waals surface area (Å²) in [5.41, 5.74) is 6.55. The van der Waals surface area contributed by atoms with Crippen LogP contribution in [0.3, 0.4) is 0 Å². The second-order valence-electron chi connectivity index (χ2n) is 6.99. The van der Waals surface area contributed by atoms with Crippen LogP contribution in [-0.2, 0) is 25.7 Å². The number of hydrogen-bond acceptors (Lipinski definition) is 3. The number of nitrogens with zero attached hydrogens (tertiary/aromatic N) is 4. The molecule has 0 radical (unpaired) electrons. The molecule has 2 aromatic heterocycles. The van der Waals surface area contributed by atoms with Gasteiger partial charge in [0.05, 0.1) is 0 Å². The molecule has 2 heterocycles. The van der Waals surface area contributed by atoms with E-state index in [0.29, 0.717) is 0 Å². The SMILES string of the molecule is c1ccc(-n2ncnc2-c2cc3ccc2CCc2ccc(cc2)CC3)nc1. The third-order valence-corrected chi connectivity index (χ3v) is 5.24. The van der Waals surface area contributed by atoms with Crippen LogP contribution in [0.5, 0.6) is 0 Å². The Hall–Kier alpha value is -3.27. The van der Waals surface area contributed by atoms with Crippen molar-refractivity contribution in [3.63, 3.8) is 0 Å². The maximum absolute atomic E-state index is 4.59. The molecule has 0 fully saturated rings. The monoisotopic (exact) mass is 352 g/mol. The maximum atomic E-state index is 4.59. The fraction of sp³-hybridized carbons (Fsp3) is 0.174. The van der Waals surface area contributed by atoms with Gasteiger partial charge in [-0.15, -0.1) is 0 Å². The summed E-state index contributed by atoms with van der Waals surface area (Å²) in [4.78, 5) is 9.03. The normalized spacial score (nSPS) is 13.3. The second-order valence-corrected chi connectivity index (χ2v) is 6.99. The van der Waals surface area contributed by atoms with Crippen LogP contribution in [0.4, 0.5) is 0 Å². The van der Waals surface area contributed by atoms with Crippen molar-refractivity contribution in [1.29, 1.82) is 0 Å². The van der Waals surface area contributed by atoms with Crippen LogP contribution >= 0.6 is 0 Å². The van der Waals surface area contributed by atoms with Crippen LogP contribution in [0.15, 0.2) is 73.2 Å². The summed E-state index contributed by atoms with van der Waals surface area (Å²) in [5, 5.41) is 4.44. The highest BCUT2D eigenvalue weighted by atomic mass is 15.4. The van der Waals surface area contributed by atoms with Gasteiger partial charge in [-0.2, -0.15) is 9.78 Å². The highest BCUT2D eigenvalue weighted by molar-refractivity contribution is 5.63. The van der Waals surface area contributed by atoms with Gasteiger partial charge in [0.25, 0.3) is 0 Å². The molecule has 0 spiro atoms. The zero-order valence-corrected chi connectivity index (χ0v) is 15.0. The van der Waals surface area contributed by atoms with Crippen molar-refractivity contribution in [3.8, 4) is 17.2 Å². The molecule has 4 bridgehead atoms. The first kappa shape index (κ1) is 15.9. The number of aromatic nitrogens is 4. The van der Waals surface area contributed by atoms with Gasteiger partial charge in [-0.05, 0) is 66.1 Å². The molecule has 2 aromatic carbocycles. The van der Waals surface area contributed by atoms with Crippen LogP contribution in [0.1, 0.15) is 22.3 Å². The first-order valence-corrected chi connectivity index (χ1v) is 9.38. The Labute approximate surface area is 158 Å². The molecule has 0 unspecified atom stereocenters. The van der Waals surface area contributed by atoms with Crippen molar-refractivity contribution in [2.45, 2.75) is 25.7 Å². The zero-order valence-electron chi connectivity index (χ0n) is 15.0. The number of benzene rings is 2. The van der Waals surface area contributed by atoms with Gasteiger partial charge in [0.1, 0.15) is 6.33 Å². The van der Waals surface area contributed by atoms with E-state index in [1.54, 1.807) is 12.5 Å². The van der Waals surface area contributed by atoms with Crippen molar-refractivity contribution in [3.05, 3.63) is 95.4 Å². The van der Waals surface area contributed by atoms with Crippen molar-refractivity contribution in [2.24, 2.45) is 0 Å². The van der Waals surface area contributed by atoms with E-state index in [-0.39, 0.29) is 0 Å². The molecule has 0 saturated heterocycles. The van der Waals surface area contributed by atoms with Gasteiger partial charge in [0.15, 0.2) is 11.6 Å². The summed E-state index contributed by atoms with van der Waals surface area (Å²) in [6.07, 6.45) is 7.46. The quantitative estimate of drug-likeness (QED) is 0.543. The van der Waals surface area contributed by atoms with Gasteiger partial charge in [-0.1, -0.05) is 42.5 Å². The Morgan fingerprint density at radius 3 is 2.22 bits per heavy atom. The fourth-order valence-corrected chi connectivity index (χ4v) is 3.72. The molecule has 4 aliphatic rings. The van der Waals surface area contributed by atoms with Gasteiger partial charge in [0, 0.05) is 11.8 Å². The molecule has 8 rings (SSSR count). The smallest absolute Gasteiger partial charge is 0.165 e. The van der Waals surface area contributed by atoms with Crippen LogP contribution in [0.2, 0.25) is 0 Å². The minimum absolute atomic E-state index is 0.789. The zero-order chi connectivity index (χ0) is 18.1. The van der Waals surface area contributed by atoms with E-state index < -0.39 is 0 Å². The largest absolute Gasteiger partial charge is 0.237 e. The molecule has 0 saturated carbocycles. The second kappa shape index (κ2) is 6.80. The van der Waals surface area contributed by atoms with E-state index in [4.69, 9.17) is 0 Å². The molecule has 132 valence electrons. The van der Waals surface area contributed by atoms with E-state index in [1.807, 2.05) is 22.9 Å². The van der Waals surface area contributed by atoms with Crippen LogP contribution in [-0.4, -0.2) is 19.7 Å². The van der Waals surface area contributed by atoms with Crippen LogP contribution in [0, 0.1) is 0 Å². The van der Waals surface area contributed by atoms with Gasteiger partial charge in [-0.3, -0.25) is 0 Å². The number of hydrogen-bond donors (Lipinski definition) is 0. The lowest BCUT2D eigenvalue weighted by molar-refractivity contribution is 0.848. The predicted octanol–water partition coefficient (Wildman–Crippen LogP) is 4.21. The van der Waals surface area contributed by atoms with Crippen molar-refractivity contribution < 1.29 is 0 Å². The average molecular weight is 352 g/mol. The van der Waals surface area contributed by atoms with E-state index in [2.05, 4.69) is 57.5 Å². The van der Waals surface area contributed by atoms with E-state index in [0.717, 1.165) is 42.9 Å². The van der Waals surface area contributed by atoms with E-state index in [1.165, 1.54) is 22.3 Å². The third-order valence-electron chi connectivity index (χ3n) is 5.24. The number of rotatable bonds is 2. The Balaban J connectivity index is 1.61. The first-order chi connectivity index (χ1) is 13.4. The molecule has 0 aliphatic heterocycles. The molecule has 27 heavy (non-hydrogen) atoms. The van der Waals surface area contributed by atoms with Crippen LogP contribution in [0.25, 0.3) is 17.2 Å². The summed E-state index contributed by atoms with van der Waals surface area (Å²) < 4.78 is 1.84. The maximum Gasteiger partial charge on any atom is 0.165 e. The standard InChI is InChI=1S/C23H20N4/c1-2-14-24-22(3-1)27-23(25-16-26-27)21-15-19-9-8-17-4-6-18(7-5-17)10-12-20(21)13-11-19/h1-7,11,13-16H,8-10,12H2. The summed E-state index contributed by atoms with van der Waals surface area (Å²) in [7, 11) is 0. The molecule has 4 aromatic rings. The summed E-state index contributed by atoms with van der Waals surface area (Å²) >= 11 is 0. The molecule has 4 aliphatic carbocycles. The fourth-order valence-electron chi connectivity index (χ4n) is 3.72. The molecular weight excluding hydrogens is 332 g/mol. The number of pyridine rings is 1. The molecule has 0 amide bonds. The highest BCUT2D eigenvalue weighted by Crippen LogP contribution is 2.27. The van der Waals surface area contributed by atoms with E-state index >= 15 is 0 Å². The topological polar surface area (TPSA) is 43.6 Å². The minimum atomic E-state index is 0.789. The lowest BCUT2D eigenvalue weighted by Crippen LogP contribution is -2.05. The summed E-state index contributed by atoms with van der Waals surface area (Å²) in [6.45, 7) is 0.